The molecule has 1 heterocycles. The molecule has 0 atom stereocenters. The van der Waals surface area contributed by atoms with Crippen molar-refractivity contribution in [2.45, 2.75) is 13.5 Å². The van der Waals surface area contributed by atoms with Crippen molar-refractivity contribution in [1.82, 2.24) is 9.88 Å². The summed E-state index contributed by atoms with van der Waals surface area (Å²) in [6.45, 7) is 2.40. The van der Waals surface area contributed by atoms with E-state index in [9.17, 15) is 9.18 Å². The zero-order valence-corrected chi connectivity index (χ0v) is 14.1. The molecule has 0 unspecified atom stereocenters. The number of aromatic nitrogens is 1. The van der Waals surface area contributed by atoms with Crippen LogP contribution in [0.5, 0.6) is 0 Å². The summed E-state index contributed by atoms with van der Waals surface area (Å²) in [6.07, 6.45) is 0. The van der Waals surface area contributed by atoms with Crippen LogP contribution in [0, 0.1) is 12.7 Å². The molecule has 21 heavy (non-hydrogen) atoms. The molecule has 0 radical (unpaired) electrons. The van der Waals surface area contributed by atoms with Crippen LogP contribution in [0.1, 0.15) is 11.3 Å². The first-order chi connectivity index (χ1) is 9.94. The van der Waals surface area contributed by atoms with Gasteiger partial charge in [0.1, 0.15) is 5.82 Å². The molecule has 0 spiro atoms. The Balaban J connectivity index is 1.90. The van der Waals surface area contributed by atoms with Crippen LogP contribution in [0.4, 0.5) is 9.52 Å². The lowest BCUT2D eigenvalue weighted by Gasteiger charge is -2.16. The van der Waals surface area contributed by atoms with E-state index in [1.54, 1.807) is 24.1 Å². The van der Waals surface area contributed by atoms with Crippen LogP contribution in [0.15, 0.2) is 28.1 Å². The first kappa shape index (κ1) is 16.1. The molecule has 0 fully saturated rings. The van der Waals surface area contributed by atoms with E-state index in [-0.39, 0.29) is 18.3 Å². The standard InChI is InChI=1S/C14H15BrFN3OS/c1-9-8-21-14(17-9)18-13(20)7-19(2)6-10-5-11(15)3-4-12(10)16/h3-5,8H,6-7H2,1-2H3,(H,17,18,20). The lowest BCUT2D eigenvalue weighted by Crippen LogP contribution is -2.30. The van der Waals surface area contributed by atoms with Crippen molar-refractivity contribution in [3.63, 3.8) is 0 Å². The Bertz CT molecular complexity index is 647. The summed E-state index contributed by atoms with van der Waals surface area (Å²) < 4.78 is 14.5. The van der Waals surface area contributed by atoms with Gasteiger partial charge in [0.25, 0.3) is 0 Å². The van der Waals surface area contributed by atoms with Gasteiger partial charge >= 0.3 is 0 Å². The first-order valence-corrected chi connectivity index (χ1v) is 7.96. The van der Waals surface area contributed by atoms with E-state index >= 15 is 0 Å². The number of aryl methyl sites for hydroxylation is 1. The molecule has 1 aromatic carbocycles. The monoisotopic (exact) mass is 371 g/mol. The van der Waals surface area contributed by atoms with E-state index in [4.69, 9.17) is 0 Å². The zero-order valence-electron chi connectivity index (χ0n) is 11.7. The normalized spacial score (nSPS) is 10.9. The topological polar surface area (TPSA) is 45.2 Å². The molecule has 1 amide bonds. The van der Waals surface area contributed by atoms with E-state index in [0.717, 1.165) is 10.2 Å². The number of carbonyl (C=O) groups is 1. The number of hydrogen-bond acceptors (Lipinski definition) is 4. The van der Waals surface area contributed by atoms with Crippen LogP contribution >= 0.6 is 27.3 Å². The Morgan fingerprint density at radius 3 is 2.95 bits per heavy atom. The van der Waals surface area contributed by atoms with Gasteiger partial charge in [-0.25, -0.2) is 9.37 Å². The first-order valence-electron chi connectivity index (χ1n) is 6.28. The van der Waals surface area contributed by atoms with Gasteiger partial charge in [-0.1, -0.05) is 15.9 Å². The molecule has 1 aromatic heterocycles. The number of anilines is 1. The van der Waals surface area contributed by atoms with Gasteiger partial charge in [-0.3, -0.25) is 9.69 Å². The maximum atomic E-state index is 13.7. The number of nitrogens with one attached hydrogen (secondary N) is 1. The van der Waals surface area contributed by atoms with Crippen molar-refractivity contribution in [2.24, 2.45) is 0 Å². The van der Waals surface area contributed by atoms with Crippen molar-refractivity contribution < 1.29 is 9.18 Å². The number of carbonyl (C=O) groups excluding carboxylic acids is 1. The molecule has 7 heteroatoms. The van der Waals surface area contributed by atoms with Gasteiger partial charge in [0.05, 0.1) is 12.2 Å². The van der Waals surface area contributed by atoms with E-state index < -0.39 is 0 Å². The average molecular weight is 372 g/mol. The van der Waals surface area contributed by atoms with E-state index in [0.29, 0.717) is 17.2 Å². The second kappa shape index (κ2) is 7.11. The van der Waals surface area contributed by atoms with Gasteiger partial charge in [-0.2, -0.15) is 0 Å². The molecule has 0 aliphatic heterocycles. The van der Waals surface area contributed by atoms with Crippen molar-refractivity contribution in [2.75, 3.05) is 18.9 Å². The number of likely N-dealkylation sites (N-methyl/N-ethyl adjacent to an activating group) is 1. The Labute approximate surface area is 135 Å². The van der Waals surface area contributed by atoms with Crippen LogP contribution < -0.4 is 5.32 Å². The summed E-state index contributed by atoms with van der Waals surface area (Å²) in [4.78, 5) is 17.8. The highest BCUT2D eigenvalue weighted by atomic mass is 79.9. The quantitative estimate of drug-likeness (QED) is 0.875. The molecule has 4 nitrogen and oxygen atoms in total. The number of benzene rings is 1. The minimum absolute atomic E-state index is 0.165. The maximum absolute atomic E-state index is 13.7. The fourth-order valence-corrected chi connectivity index (χ4v) is 2.94. The zero-order chi connectivity index (χ0) is 15.4. The van der Waals surface area contributed by atoms with Crippen molar-refractivity contribution in [3.8, 4) is 0 Å². The van der Waals surface area contributed by atoms with Crippen molar-refractivity contribution in [1.29, 1.82) is 0 Å². The lowest BCUT2D eigenvalue weighted by atomic mass is 10.2. The molecular formula is C14H15BrFN3OS. The van der Waals surface area contributed by atoms with Crippen LogP contribution in [0.2, 0.25) is 0 Å². The predicted octanol–water partition coefficient (Wildman–Crippen LogP) is 3.42. The van der Waals surface area contributed by atoms with Gasteiger partial charge in [0, 0.05) is 22.0 Å². The molecule has 0 bridgehead atoms. The number of halogens is 2. The second-order valence-corrected chi connectivity index (χ2v) is 6.52. The molecule has 1 N–H and O–H groups in total. The fourth-order valence-electron chi connectivity index (χ4n) is 1.83. The molecule has 0 saturated heterocycles. The molecule has 0 aliphatic carbocycles. The fraction of sp³-hybridized carbons (Fsp3) is 0.286. The molecule has 0 aliphatic rings. The highest BCUT2D eigenvalue weighted by molar-refractivity contribution is 9.10. The third kappa shape index (κ3) is 4.87. The molecule has 2 rings (SSSR count). The summed E-state index contributed by atoms with van der Waals surface area (Å²) >= 11 is 4.70. The highest BCUT2D eigenvalue weighted by Gasteiger charge is 2.11. The molecule has 112 valence electrons. The number of thiazole rings is 1. The number of nitrogens with zero attached hydrogens (tertiary/aromatic N) is 2. The van der Waals surface area contributed by atoms with Gasteiger partial charge < -0.3 is 5.32 Å². The highest BCUT2D eigenvalue weighted by Crippen LogP contribution is 2.17. The van der Waals surface area contributed by atoms with Gasteiger partial charge in [-0.05, 0) is 32.2 Å². The number of amides is 1. The summed E-state index contributed by atoms with van der Waals surface area (Å²) in [6, 6.07) is 4.77. The Kier molecular flexibility index (Phi) is 5.44. The minimum Gasteiger partial charge on any atom is -0.301 e. The van der Waals surface area contributed by atoms with Gasteiger partial charge in [-0.15, -0.1) is 11.3 Å². The summed E-state index contributed by atoms with van der Waals surface area (Å²) in [5.74, 6) is -0.441. The smallest absolute Gasteiger partial charge is 0.240 e. The Morgan fingerprint density at radius 2 is 2.29 bits per heavy atom. The SMILES string of the molecule is Cc1csc(NC(=O)CN(C)Cc2cc(Br)ccc2F)n1. The van der Waals surface area contributed by atoms with Gasteiger partial charge in [0.15, 0.2) is 5.13 Å². The van der Waals surface area contributed by atoms with Crippen LogP contribution in [-0.2, 0) is 11.3 Å². The summed E-state index contributed by atoms with van der Waals surface area (Å²) in [5.41, 5.74) is 1.42. The average Bonchev–Trinajstić information content (AvgIpc) is 2.79. The van der Waals surface area contributed by atoms with E-state index in [1.165, 1.54) is 17.4 Å². The Hall–Kier alpha value is -1.31. The van der Waals surface area contributed by atoms with E-state index in [1.807, 2.05) is 12.3 Å². The van der Waals surface area contributed by atoms with Crippen LogP contribution in [-0.4, -0.2) is 29.4 Å². The summed E-state index contributed by atoms with van der Waals surface area (Å²) in [7, 11) is 1.77. The third-order valence-corrected chi connectivity index (χ3v) is 4.10. The van der Waals surface area contributed by atoms with Crippen molar-refractivity contribution >= 4 is 38.3 Å². The summed E-state index contributed by atoms with van der Waals surface area (Å²) in [5, 5.41) is 5.18. The Morgan fingerprint density at radius 1 is 1.52 bits per heavy atom. The molecule has 0 saturated carbocycles. The lowest BCUT2D eigenvalue weighted by molar-refractivity contribution is -0.117. The second-order valence-electron chi connectivity index (χ2n) is 4.75. The predicted molar refractivity (Wildman–Crippen MR) is 85.9 cm³/mol. The van der Waals surface area contributed by atoms with Gasteiger partial charge in [0.2, 0.25) is 5.91 Å². The largest absolute Gasteiger partial charge is 0.301 e. The number of rotatable bonds is 5. The van der Waals surface area contributed by atoms with Crippen molar-refractivity contribution in [3.05, 3.63) is 45.1 Å². The maximum Gasteiger partial charge on any atom is 0.240 e. The number of hydrogen-bond donors (Lipinski definition) is 1. The molecule has 2 aromatic rings. The third-order valence-electron chi connectivity index (χ3n) is 2.73. The van der Waals surface area contributed by atoms with Crippen LogP contribution in [0.25, 0.3) is 0 Å². The van der Waals surface area contributed by atoms with Crippen LogP contribution in [0.3, 0.4) is 0 Å². The van der Waals surface area contributed by atoms with E-state index in [2.05, 4.69) is 26.2 Å². The molecular weight excluding hydrogens is 357 g/mol. The minimum atomic E-state index is -0.277.